The summed E-state index contributed by atoms with van der Waals surface area (Å²) < 4.78 is 25.2. The summed E-state index contributed by atoms with van der Waals surface area (Å²) in [6.07, 6.45) is 5.67. The molecular weight excluding hydrogens is 345 g/mol. The van der Waals surface area contributed by atoms with E-state index in [2.05, 4.69) is 4.98 Å². The van der Waals surface area contributed by atoms with E-state index in [1.54, 1.807) is 14.2 Å². The summed E-state index contributed by atoms with van der Waals surface area (Å²) in [6.45, 7) is 0. The zero-order chi connectivity index (χ0) is 18.7. The molecule has 5 rings (SSSR count). The Morgan fingerprint density at radius 2 is 1.56 bits per heavy atom. The lowest BCUT2D eigenvalue weighted by molar-refractivity contribution is 0.355. The van der Waals surface area contributed by atoms with E-state index in [0.29, 0.717) is 28.9 Å². The number of ether oxygens (including phenoxy) is 2. The molecule has 2 aliphatic rings. The van der Waals surface area contributed by atoms with Gasteiger partial charge in [0.05, 0.1) is 19.7 Å². The average molecular weight is 367 g/mol. The maximum atomic E-state index is 14.1. The summed E-state index contributed by atoms with van der Waals surface area (Å²) in [4.78, 5) is 4.16. The van der Waals surface area contributed by atoms with Crippen LogP contribution in [0.15, 0.2) is 18.2 Å². The maximum Gasteiger partial charge on any atom is 0.255 e. The van der Waals surface area contributed by atoms with Gasteiger partial charge in [-0.25, -0.2) is 4.98 Å². The number of nitrogens with zero attached hydrogens (tertiary/aromatic N) is 1. The van der Waals surface area contributed by atoms with Crippen molar-refractivity contribution in [2.45, 2.75) is 32.1 Å². The number of halogens is 1. The first-order valence-electron chi connectivity index (χ1n) is 9.49. The second-order valence-electron chi connectivity index (χ2n) is 7.76. The Kier molecular flexibility index (Phi) is 3.67. The van der Waals surface area contributed by atoms with E-state index in [1.807, 2.05) is 12.1 Å². The molecule has 0 amide bonds. The predicted octanol–water partition coefficient (Wildman–Crippen LogP) is 4.76. The molecule has 2 atom stereocenters. The van der Waals surface area contributed by atoms with Gasteiger partial charge in [-0.3, -0.25) is 0 Å². The van der Waals surface area contributed by atoms with Gasteiger partial charge < -0.3 is 14.6 Å². The fourth-order valence-electron chi connectivity index (χ4n) is 5.20. The van der Waals surface area contributed by atoms with Crippen molar-refractivity contribution in [2.24, 2.45) is 11.8 Å². The number of pyridine rings is 1. The third-order valence-corrected chi connectivity index (χ3v) is 6.50. The van der Waals surface area contributed by atoms with Crippen molar-refractivity contribution >= 4 is 21.7 Å². The molecule has 2 aliphatic carbocycles. The Hall–Kier alpha value is -2.56. The van der Waals surface area contributed by atoms with Gasteiger partial charge in [-0.15, -0.1) is 0 Å². The van der Waals surface area contributed by atoms with Crippen molar-refractivity contribution in [3.8, 4) is 17.2 Å². The normalized spacial score (nSPS) is 21.3. The molecule has 5 heteroatoms. The summed E-state index contributed by atoms with van der Waals surface area (Å²) in [6, 6.07) is 5.42. The fourth-order valence-corrected chi connectivity index (χ4v) is 5.20. The van der Waals surface area contributed by atoms with Crippen LogP contribution in [0.1, 0.15) is 30.4 Å². The van der Waals surface area contributed by atoms with Crippen LogP contribution in [0.4, 0.5) is 4.39 Å². The maximum absolute atomic E-state index is 14.1. The van der Waals surface area contributed by atoms with Gasteiger partial charge in [-0.05, 0) is 77.6 Å². The summed E-state index contributed by atoms with van der Waals surface area (Å²) in [5.74, 6) is 1.40. The first kappa shape index (κ1) is 16.6. The van der Waals surface area contributed by atoms with E-state index in [1.165, 1.54) is 30.9 Å². The summed E-state index contributed by atoms with van der Waals surface area (Å²) in [7, 11) is 3.23. The number of benzene rings is 2. The second-order valence-corrected chi connectivity index (χ2v) is 7.76. The standard InChI is InChI=1S/C22H22FNO3/c1-26-19-9-14-13-6-11-4-3-5-12(11)7-16(13)21-17(8-18(25)22(23)24-21)15(14)10-20(19)27-2/h8-12,25H,3-7H2,1-2H3. The van der Waals surface area contributed by atoms with Gasteiger partial charge in [0, 0.05) is 5.39 Å². The Morgan fingerprint density at radius 3 is 2.22 bits per heavy atom. The van der Waals surface area contributed by atoms with Crippen LogP contribution in [-0.4, -0.2) is 24.3 Å². The number of hydrogen-bond acceptors (Lipinski definition) is 4. The third kappa shape index (κ3) is 2.37. The molecule has 1 saturated carbocycles. The van der Waals surface area contributed by atoms with E-state index >= 15 is 0 Å². The van der Waals surface area contributed by atoms with Crippen molar-refractivity contribution in [1.29, 1.82) is 0 Å². The quantitative estimate of drug-likeness (QED) is 0.524. The molecule has 140 valence electrons. The molecule has 0 bridgehead atoms. The first-order chi connectivity index (χ1) is 13.1. The Morgan fingerprint density at radius 1 is 0.926 bits per heavy atom. The fraction of sp³-hybridized carbons (Fsp3) is 0.409. The van der Waals surface area contributed by atoms with Gasteiger partial charge in [-0.1, -0.05) is 6.42 Å². The van der Waals surface area contributed by atoms with Gasteiger partial charge >= 0.3 is 0 Å². The van der Waals surface area contributed by atoms with Crippen LogP contribution in [-0.2, 0) is 12.8 Å². The molecule has 0 saturated heterocycles. The largest absolute Gasteiger partial charge is 0.504 e. The van der Waals surface area contributed by atoms with Crippen LogP contribution >= 0.6 is 0 Å². The molecule has 1 heterocycles. The van der Waals surface area contributed by atoms with E-state index in [4.69, 9.17) is 9.47 Å². The molecule has 2 unspecified atom stereocenters. The molecule has 27 heavy (non-hydrogen) atoms. The van der Waals surface area contributed by atoms with Crippen molar-refractivity contribution in [1.82, 2.24) is 4.98 Å². The number of aromatic hydroxyl groups is 1. The number of fused-ring (bicyclic) bond motifs is 7. The minimum Gasteiger partial charge on any atom is -0.504 e. The van der Waals surface area contributed by atoms with Gasteiger partial charge in [-0.2, -0.15) is 4.39 Å². The number of hydrogen-bond donors (Lipinski definition) is 1. The van der Waals surface area contributed by atoms with Crippen LogP contribution in [0.2, 0.25) is 0 Å². The lowest BCUT2D eigenvalue weighted by Gasteiger charge is -2.30. The van der Waals surface area contributed by atoms with Crippen molar-refractivity contribution in [2.75, 3.05) is 14.2 Å². The highest BCUT2D eigenvalue weighted by molar-refractivity contribution is 6.11. The first-order valence-corrected chi connectivity index (χ1v) is 9.49. The van der Waals surface area contributed by atoms with Crippen molar-refractivity contribution < 1.29 is 19.0 Å². The highest BCUT2D eigenvalue weighted by atomic mass is 19.1. The molecule has 1 aromatic heterocycles. The SMILES string of the molecule is COc1cc2c3c(c4nc(F)c(O)cc4c2cc1OC)CC1CCCC1C3. The molecule has 3 aromatic rings. The molecular formula is C22H22FNO3. The van der Waals surface area contributed by atoms with Crippen LogP contribution in [0.3, 0.4) is 0 Å². The molecule has 2 aromatic carbocycles. The minimum atomic E-state index is -0.807. The molecule has 1 N–H and O–H groups in total. The lowest BCUT2D eigenvalue weighted by Crippen LogP contribution is -2.21. The summed E-state index contributed by atoms with van der Waals surface area (Å²) in [5, 5.41) is 12.7. The van der Waals surface area contributed by atoms with Gasteiger partial charge in [0.25, 0.3) is 5.95 Å². The molecule has 4 nitrogen and oxygen atoms in total. The zero-order valence-electron chi connectivity index (χ0n) is 15.5. The lowest BCUT2D eigenvalue weighted by atomic mass is 9.75. The van der Waals surface area contributed by atoms with Crippen LogP contribution in [0, 0.1) is 17.8 Å². The predicted molar refractivity (Wildman–Crippen MR) is 102 cm³/mol. The number of methoxy groups -OCH3 is 2. The van der Waals surface area contributed by atoms with Crippen LogP contribution < -0.4 is 9.47 Å². The number of aromatic nitrogens is 1. The van der Waals surface area contributed by atoms with Crippen molar-refractivity contribution in [3.63, 3.8) is 0 Å². The topological polar surface area (TPSA) is 51.6 Å². The molecule has 1 fully saturated rings. The third-order valence-electron chi connectivity index (χ3n) is 6.50. The second kappa shape index (κ2) is 5.98. The molecule has 0 aliphatic heterocycles. The Bertz CT molecular complexity index is 1080. The monoisotopic (exact) mass is 367 g/mol. The van der Waals surface area contributed by atoms with Crippen molar-refractivity contribution in [3.05, 3.63) is 35.3 Å². The number of rotatable bonds is 2. The van der Waals surface area contributed by atoms with Gasteiger partial charge in [0.2, 0.25) is 0 Å². The Labute approximate surface area is 156 Å². The summed E-state index contributed by atoms with van der Waals surface area (Å²) >= 11 is 0. The Balaban J connectivity index is 1.91. The smallest absolute Gasteiger partial charge is 0.255 e. The molecule has 0 spiro atoms. The zero-order valence-corrected chi connectivity index (χ0v) is 15.5. The van der Waals surface area contributed by atoms with Gasteiger partial charge in [0.1, 0.15) is 0 Å². The van der Waals surface area contributed by atoms with Gasteiger partial charge in [0.15, 0.2) is 17.2 Å². The minimum absolute atomic E-state index is 0.423. The van der Waals surface area contributed by atoms with Crippen LogP contribution in [0.25, 0.3) is 21.7 Å². The average Bonchev–Trinajstić information content (AvgIpc) is 3.14. The van der Waals surface area contributed by atoms with E-state index in [0.717, 1.165) is 34.6 Å². The van der Waals surface area contributed by atoms with Crippen LogP contribution in [0.5, 0.6) is 17.2 Å². The summed E-state index contributed by atoms with van der Waals surface area (Å²) in [5.41, 5.74) is 3.05. The van der Waals surface area contributed by atoms with E-state index < -0.39 is 11.7 Å². The highest BCUT2D eigenvalue weighted by Crippen LogP contribution is 2.47. The van der Waals surface area contributed by atoms with E-state index in [9.17, 15) is 9.50 Å². The highest BCUT2D eigenvalue weighted by Gasteiger charge is 2.35. The van der Waals surface area contributed by atoms with E-state index in [-0.39, 0.29) is 0 Å². The molecule has 0 radical (unpaired) electrons.